The van der Waals surface area contributed by atoms with Gasteiger partial charge >= 0.3 is 0 Å². The Kier molecular flexibility index (Phi) is 3.33. The second-order valence-corrected chi connectivity index (χ2v) is 4.82. The van der Waals surface area contributed by atoms with Crippen LogP contribution in [0.5, 0.6) is 0 Å². The van der Waals surface area contributed by atoms with E-state index in [1.54, 1.807) is 13.8 Å². The maximum absolute atomic E-state index is 9.65. The SMILES string of the molecule is CC1CCC(O)CN1CC(C)(C)O. The number of nitrogens with zero attached hydrogens (tertiary/aromatic N) is 1. The van der Waals surface area contributed by atoms with Gasteiger partial charge < -0.3 is 10.2 Å². The lowest BCUT2D eigenvalue weighted by atomic mass is 9.99. The van der Waals surface area contributed by atoms with Crippen LogP contribution in [-0.2, 0) is 0 Å². The van der Waals surface area contributed by atoms with E-state index in [4.69, 9.17) is 0 Å². The van der Waals surface area contributed by atoms with Crippen LogP contribution in [0.1, 0.15) is 33.6 Å². The summed E-state index contributed by atoms with van der Waals surface area (Å²) in [7, 11) is 0. The molecule has 0 aromatic carbocycles. The largest absolute Gasteiger partial charge is 0.392 e. The highest BCUT2D eigenvalue weighted by molar-refractivity contribution is 4.82. The highest BCUT2D eigenvalue weighted by atomic mass is 16.3. The molecule has 1 aliphatic rings. The van der Waals surface area contributed by atoms with Gasteiger partial charge in [-0.05, 0) is 33.6 Å². The topological polar surface area (TPSA) is 43.7 Å². The Hall–Kier alpha value is -0.120. The standard InChI is InChI=1S/C10H21NO2/c1-8-4-5-9(12)6-11(8)7-10(2,3)13/h8-9,12-13H,4-7H2,1-3H3. The van der Waals surface area contributed by atoms with Crippen LogP contribution in [0.15, 0.2) is 0 Å². The number of aliphatic hydroxyl groups excluding tert-OH is 1. The molecular weight excluding hydrogens is 166 g/mol. The predicted octanol–water partition coefficient (Wildman–Crippen LogP) is 0.602. The molecule has 1 rings (SSSR count). The maximum atomic E-state index is 9.65. The van der Waals surface area contributed by atoms with Crippen LogP contribution in [-0.4, -0.2) is 45.9 Å². The first-order chi connectivity index (χ1) is 5.88. The summed E-state index contributed by atoms with van der Waals surface area (Å²) in [6.45, 7) is 7.11. The highest BCUT2D eigenvalue weighted by Crippen LogP contribution is 2.19. The third-order valence-corrected chi connectivity index (χ3v) is 2.58. The lowest BCUT2D eigenvalue weighted by Gasteiger charge is -2.39. The summed E-state index contributed by atoms with van der Waals surface area (Å²) in [6.07, 6.45) is 1.71. The molecule has 2 unspecified atom stereocenters. The molecule has 0 bridgehead atoms. The molecule has 0 spiro atoms. The molecule has 3 heteroatoms. The molecule has 1 heterocycles. The van der Waals surface area contributed by atoms with Gasteiger partial charge in [-0.25, -0.2) is 0 Å². The van der Waals surface area contributed by atoms with E-state index in [9.17, 15) is 10.2 Å². The van der Waals surface area contributed by atoms with Crippen molar-refractivity contribution in [1.82, 2.24) is 4.90 Å². The lowest BCUT2D eigenvalue weighted by molar-refractivity contribution is -0.0190. The zero-order valence-corrected chi connectivity index (χ0v) is 8.82. The van der Waals surface area contributed by atoms with Gasteiger partial charge in [-0.15, -0.1) is 0 Å². The van der Waals surface area contributed by atoms with Gasteiger partial charge in [0.05, 0.1) is 11.7 Å². The molecule has 0 saturated carbocycles. The van der Waals surface area contributed by atoms with Crippen molar-refractivity contribution < 1.29 is 10.2 Å². The summed E-state index contributed by atoms with van der Waals surface area (Å²) in [5.41, 5.74) is -0.661. The number of rotatable bonds is 2. The average molecular weight is 187 g/mol. The van der Waals surface area contributed by atoms with Crippen LogP contribution >= 0.6 is 0 Å². The quantitative estimate of drug-likeness (QED) is 0.665. The summed E-state index contributed by atoms with van der Waals surface area (Å²) >= 11 is 0. The number of aliphatic hydroxyl groups is 2. The van der Waals surface area contributed by atoms with Crippen molar-refractivity contribution in [3.8, 4) is 0 Å². The van der Waals surface area contributed by atoms with Gasteiger partial charge in [0.25, 0.3) is 0 Å². The lowest BCUT2D eigenvalue weighted by Crippen LogP contribution is -2.49. The van der Waals surface area contributed by atoms with Crippen LogP contribution in [0.3, 0.4) is 0 Å². The molecule has 1 aliphatic heterocycles. The van der Waals surface area contributed by atoms with Gasteiger partial charge in [-0.2, -0.15) is 0 Å². The van der Waals surface area contributed by atoms with Crippen molar-refractivity contribution >= 4 is 0 Å². The second kappa shape index (κ2) is 3.95. The van der Waals surface area contributed by atoms with Crippen molar-refractivity contribution in [2.24, 2.45) is 0 Å². The molecule has 13 heavy (non-hydrogen) atoms. The van der Waals surface area contributed by atoms with Crippen LogP contribution < -0.4 is 0 Å². The van der Waals surface area contributed by atoms with E-state index < -0.39 is 5.60 Å². The Balaban J connectivity index is 2.47. The first kappa shape index (κ1) is 11.0. The third kappa shape index (κ3) is 3.63. The molecule has 0 radical (unpaired) electrons. The van der Waals surface area contributed by atoms with Crippen LogP contribution in [0.25, 0.3) is 0 Å². The van der Waals surface area contributed by atoms with E-state index in [0.717, 1.165) is 12.8 Å². The summed E-state index contributed by atoms with van der Waals surface area (Å²) in [6, 6.07) is 0.481. The van der Waals surface area contributed by atoms with Gasteiger partial charge in [0.2, 0.25) is 0 Å². The Morgan fingerprint density at radius 3 is 2.54 bits per heavy atom. The first-order valence-electron chi connectivity index (χ1n) is 5.03. The maximum Gasteiger partial charge on any atom is 0.0718 e. The van der Waals surface area contributed by atoms with E-state index in [-0.39, 0.29) is 6.10 Å². The predicted molar refractivity (Wildman–Crippen MR) is 52.6 cm³/mol. The van der Waals surface area contributed by atoms with Crippen LogP contribution in [0, 0.1) is 0 Å². The number of β-amino-alcohol motifs (C(OH)–C–C–N with tert-alkyl or cyclic N) is 2. The van der Waals surface area contributed by atoms with E-state index >= 15 is 0 Å². The van der Waals surface area contributed by atoms with E-state index in [1.807, 2.05) is 0 Å². The number of piperidine rings is 1. The molecule has 0 aromatic rings. The molecule has 0 aromatic heterocycles. The third-order valence-electron chi connectivity index (χ3n) is 2.58. The summed E-state index contributed by atoms with van der Waals surface area (Å²) in [4.78, 5) is 2.16. The summed E-state index contributed by atoms with van der Waals surface area (Å²) in [5, 5.41) is 19.1. The molecule has 78 valence electrons. The average Bonchev–Trinajstić information content (AvgIpc) is 1.94. The van der Waals surface area contributed by atoms with Crippen LogP contribution in [0.4, 0.5) is 0 Å². The second-order valence-electron chi connectivity index (χ2n) is 4.82. The minimum atomic E-state index is -0.661. The molecule has 2 N–H and O–H groups in total. The zero-order valence-electron chi connectivity index (χ0n) is 8.82. The molecule has 3 nitrogen and oxygen atoms in total. The fourth-order valence-electron chi connectivity index (χ4n) is 1.88. The zero-order chi connectivity index (χ0) is 10.1. The Morgan fingerprint density at radius 2 is 2.00 bits per heavy atom. The molecule has 0 aliphatic carbocycles. The minimum absolute atomic E-state index is 0.210. The van der Waals surface area contributed by atoms with E-state index in [1.165, 1.54) is 0 Å². The smallest absolute Gasteiger partial charge is 0.0718 e. The molecule has 2 atom stereocenters. The fraction of sp³-hybridized carbons (Fsp3) is 1.00. The fourth-order valence-corrected chi connectivity index (χ4v) is 1.88. The molecule has 1 fully saturated rings. The summed E-state index contributed by atoms with van der Waals surface area (Å²) in [5.74, 6) is 0. The van der Waals surface area contributed by atoms with Gasteiger partial charge in [-0.1, -0.05) is 0 Å². The van der Waals surface area contributed by atoms with Crippen molar-refractivity contribution in [1.29, 1.82) is 0 Å². The van der Waals surface area contributed by atoms with Gasteiger partial charge in [0.15, 0.2) is 0 Å². The van der Waals surface area contributed by atoms with Gasteiger partial charge in [0, 0.05) is 19.1 Å². The van der Waals surface area contributed by atoms with Crippen molar-refractivity contribution in [3.63, 3.8) is 0 Å². The number of hydrogen-bond acceptors (Lipinski definition) is 3. The Morgan fingerprint density at radius 1 is 1.38 bits per heavy atom. The first-order valence-corrected chi connectivity index (χ1v) is 5.03. The Bertz CT molecular complexity index is 165. The summed E-state index contributed by atoms with van der Waals surface area (Å²) < 4.78 is 0. The molecule has 0 amide bonds. The number of hydrogen-bond donors (Lipinski definition) is 2. The number of likely N-dealkylation sites (tertiary alicyclic amines) is 1. The van der Waals surface area contributed by atoms with Gasteiger partial charge in [-0.3, -0.25) is 4.90 Å². The normalized spacial score (nSPS) is 32.1. The molecule has 1 saturated heterocycles. The van der Waals surface area contributed by atoms with Crippen molar-refractivity contribution in [3.05, 3.63) is 0 Å². The van der Waals surface area contributed by atoms with E-state index in [0.29, 0.717) is 19.1 Å². The monoisotopic (exact) mass is 187 g/mol. The van der Waals surface area contributed by atoms with Gasteiger partial charge in [0.1, 0.15) is 0 Å². The van der Waals surface area contributed by atoms with Crippen molar-refractivity contribution in [2.45, 2.75) is 51.4 Å². The molecular formula is C10H21NO2. The minimum Gasteiger partial charge on any atom is -0.392 e. The van der Waals surface area contributed by atoms with Crippen molar-refractivity contribution in [2.75, 3.05) is 13.1 Å². The Labute approximate surface area is 80.4 Å². The van der Waals surface area contributed by atoms with Crippen LogP contribution in [0.2, 0.25) is 0 Å². The highest BCUT2D eigenvalue weighted by Gasteiger charge is 2.27. The van der Waals surface area contributed by atoms with E-state index in [2.05, 4.69) is 11.8 Å².